The van der Waals surface area contributed by atoms with Crippen molar-refractivity contribution in [3.05, 3.63) is 36.0 Å². The maximum atomic E-state index is 11.9. The molecule has 0 aliphatic heterocycles. The number of aliphatic hydroxyl groups is 1. The number of hydrogen-bond donors (Lipinski definition) is 2. The van der Waals surface area contributed by atoms with Gasteiger partial charge in [-0.1, -0.05) is 25.1 Å². The first kappa shape index (κ1) is 14.6. The molecule has 20 heavy (non-hydrogen) atoms. The van der Waals surface area contributed by atoms with Crippen LogP contribution in [0.15, 0.2) is 30.5 Å². The predicted molar refractivity (Wildman–Crippen MR) is 80.6 cm³/mol. The molecule has 0 fully saturated rings. The molecule has 1 aromatic heterocycles. The summed E-state index contributed by atoms with van der Waals surface area (Å²) in [7, 11) is 0. The van der Waals surface area contributed by atoms with Crippen molar-refractivity contribution in [2.45, 2.75) is 39.3 Å². The molecule has 108 valence electrons. The van der Waals surface area contributed by atoms with Gasteiger partial charge in [-0.3, -0.25) is 4.79 Å². The highest BCUT2D eigenvalue weighted by atomic mass is 16.3. The van der Waals surface area contributed by atoms with Gasteiger partial charge in [0, 0.05) is 23.6 Å². The number of benzene rings is 1. The average molecular weight is 274 g/mol. The van der Waals surface area contributed by atoms with Crippen LogP contribution in [0.25, 0.3) is 10.9 Å². The zero-order valence-corrected chi connectivity index (χ0v) is 12.1. The van der Waals surface area contributed by atoms with Crippen LogP contribution < -0.4 is 5.32 Å². The lowest BCUT2D eigenvalue weighted by molar-refractivity contribution is -0.121. The van der Waals surface area contributed by atoms with Crippen LogP contribution in [0.1, 0.15) is 25.3 Å². The van der Waals surface area contributed by atoms with Gasteiger partial charge in [0.2, 0.25) is 5.91 Å². The van der Waals surface area contributed by atoms with Crippen molar-refractivity contribution in [3.63, 3.8) is 0 Å². The first-order valence-electron chi connectivity index (χ1n) is 7.11. The van der Waals surface area contributed by atoms with Crippen LogP contribution in [0.5, 0.6) is 0 Å². The van der Waals surface area contributed by atoms with Crippen molar-refractivity contribution in [1.29, 1.82) is 0 Å². The highest BCUT2D eigenvalue weighted by Crippen LogP contribution is 2.19. The largest absolute Gasteiger partial charge is 0.393 e. The lowest BCUT2D eigenvalue weighted by atomic mass is 10.2. The number of carbonyl (C=O) groups is 1. The van der Waals surface area contributed by atoms with Crippen LogP contribution in [0.4, 0.5) is 0 Å². The molecule has 1 unspecified atom stereocenters. The Morgan fingerprint density at radius 2 is 2.15 bits per heavy atom. The van der Waals surface area contributed by atoms with E-state index in [0.29, 0.717) is 19.5 Å². The summed E-state index contributed by atoms with van der Waals surface area (Å²) in [6.07, 6.45) is 3.00. The fourth-order valence-electron chi connectivity index (χ4n) is 2.35. The molecule has 0 spiro atoms. The van der Waals surface area contributed by atoms with Gasteiger partial charge >= 0.3 is 0 Å². The predicted octanol–water partition coefficient (Wildman–Crippen LogP) is 2.23. The molecular weight excluding hydrogens is 252 g/mol. The number of hydrogen-bond acceptors (Lipinski definition) is 2. The molecule has 1 atom stereocenters. The average Bonchev–Trinajstić information content (AvgIpc) is 2.76. The summed E-state index contributed by atoms with van der Waals surface area (Å²) in [4.78, 5) is 11.9. The van der Waals surface area contributed by atoms with Crippen molar-refractivity contribution in [2.24, 2.45) is 0 Å². The van der Waals surface area contributed by atoms with Gasteiger partial charge in [-0.15, -0.1) is 0 Å². The number of fused-ring (bicyclic) bond motifs is 1. The lowest BCUT2D eigenvalue weighted by Gasteiger charge is -2.10. The number of carbonyl (C=O) groups excluding carboxylic acids is 1. The molecule has 0 bridgehead atoms. The monoisotopic (exact) mass is 274 g/mol. The van der Waals surface area contributed by atoms with E-state index in [2.05, 4.69) is 11.4 Å². The second kappa shape index (κ2) is 6.57. The van der Waals surface area contributed by atoms with Crippen LogP contribution in [-0.2, 0) is 11.3 Å². The van der Waals surface area contributed by atoms with Crippen molar-refractivity contribution in [1.82, 2.24) is 9.88 Å². The third kappa shape index (κ3) is 3.39. The van der Waals surface area contributed by atoms with E-state index in [4.69, 9.17) is 0 Å². The van der Waals surface area contributed by atoms with Crippen molar-refractivity contribution in [3.8, 4) is 0 Å². The standard InChI is InChI=1S/C16H22N2O2/c1-3-13(19)8-9-17-16(20)11-18-10-12(2)14-6-4-5-7-15(14)18/h4-7,10,13,19H,3,8-9,11H2,1-2H3,(H,17,20). The quantitative estimate of drug-likeness (QED) is 0.848. The Balaban J connectivity index is 1.96. The molecule has 0 aliphatic carbocycles. The highest BCUT2D eigenvalue weighted by Gasteiger charge is 2.08. The van der Waals surface area contributed by atoms with Gasteiger partial charge in [-0.25, -0.2) is 0 Å². The summed E-state index contributed by atoms with van der Waals surface area (Å²) in [6, 6.07) is 8.08. The molecule has 4 heteroatoms. The molecule has 0 aliphatic rings. The number of aryl methyl sites for hydroxylation is 1. The molecule has 1 aromatic carbocycles. The Morgan fingerprint density at radius 1 is 1.40 bits per heavy atom. The maximum absolute atomic E-state index is 11.9. The summed E-state index contributed by atoms with van der Waals surface area (Å²) in [5.41, 5.74) is 2.25. The first-order chi connectivity index (χ1) is 9.61. The van der Waals surface area contributed by atoms with E-state index >= 15 is 0 Å². The zero-order chi connectivity index (χ0) is 14.5. The topological polar surface area (TPSA) is 54.3 Å². The second-order valence-corrected chi connectivity index (χ2v) is 5.16. The highest BCUT2D eigenvalue weighted by molar-refractivity contribution is 5.85. The van der Waals surface area contributed by atoms with E-state index in [0.717, 1.165) is 11.9 Å². The SMILES string of the molecule is CCC(O)CCNC(=O)Cn1cc(C)c2ccccc21. The molecule has 2 rings (SSSR count). The second-order valence-electron chi connectivity index (χ2n) is 5.16. The van der Waals surface area contributed by atoms with E-state index in [1.165, 1.54) is 10.9 Å². The Hall–Kier alpha value is -1.81. The van der Waals surface area contributed by atoms with E-state index in [-0.39, 0.29) is 12.0 Å². The summed E-state index contributed by atoms with van der Waals surface area (Å²) in [5, 5.41) is 13.5. The molecule has 2 aromatic rings. The van der Waals surface area contributed by atoms with E-state index in [1.54, 1.807) is 0 Å². The number of nitrogens with one attached hydrogen (secondary N) is 1. The minimum atomic E-state index is -0.329. The Bertz CT molecular complexity index is 589. The van der Waals surface area contributed by atoms with E-state index in [1.807, 2.05) is 42.8 Å². The molecule has 1 amide bonds. The summed E-state index contributed by atoms with van der Waals surface area (Å²) in [6.45, 7) is 4.82. The maximum Gasteiger partial charge on any atom is 0.239 e. The third-order valence-corrected chi connectivity index (χ3v) is 3.57. The van der Waals surface area contributed by atoms with Crippen molar-refractivity contribution >= 4 is 16.8 Å². The third-order valence-electron chi connectivity index (χ3n) is 3.57. The molecule has 0 saturated heterocycles. The number of aromatic nitrogens is 1. The van der Waals surface area contributed by atoms with Gasteiger partial charge in [0.25, 0.3) is 0 Å². The summed E-state index contributed by atoms with van der Waals surface area (Å²) < 4.78 is 1.97. The number of amides is 1. The number of rotatable bonds is 6. The van der Waals surface area contributed by atoms with Crippen molar-refractivity contribution < 1.29 is 9.90 Å². The van der Waals surface area contributed by atoms with Crippen molar-refractivity contribution in [2.75, 3.05) is 6.54 Å². The van der Waals surface area contributed by atoms with Crippen LogP contribution >= 0.6 is 0 Å². The van der Waals surface area contributed by atoms with Gasteiger partial charge in [0.15, 0.2) is 0 Å². The van der Waals surface area contributed by atoms with Crippen LogP contribution in [-0.4, -0.2) is 28.2 Å². The fourth-order valence-corrected chi connectivity index (χ4v) is 2.35. The van der Waals surface area contributed by atoms with Gasteiger partial charge in [-0.2, -0.15) is 0 Å². The normalized spacial score (nSPS) is 12.6. The van der Waals surface area contributed by atoms with E-state index < -0.39 is 0 Å². The Kier molecular flexibility index (Phi) is 4.79. The van der Waals surface area contributed by atoms with Gasteiger partial charge in [-0.05, 0) is 31.4 Å². The minimum Gasteiger partial charge on any atom is -0.393 e. The molecule has 1 heterocycles. The first-order valence-corrected chi connectivity index (χ1v) is 7.11. The minimum absolute atomic E-state index is 0.0194. The van der Waals surface area contributed by atoms with Gasteiger partial charge < -0.3 is 15.0 Å². The summed E-state index contributed by atoms with van der Waals surface area (Å²) in [5.74, 6) is -0.0194. The number of aliphatic hydroxyl groups excluding tert-OH is 1. The lowest BCUT2D eigenvalue weighted by Crippen LogP contribution is -2.30. The molecular formula is C16H22N2O2. The number of nitrogens with zero attached hydrogens (tertiary/aromatic N) is 1. The smallest absolute Gasteiger partial charge is 0.239 e. The fraction of sp³-hybridized carbons (Fsp3) is 0.438. The van der Waals surface area contributed by atoms with Crippen LogP contribution in [0.3, 0.4) is 0 Å². The molecule has 0 saturated carbocycles. The number of para-hydroxylation sites is 1. The van der Waals surface area contributed by atoms with Crippen LogP contribution in [0.2, 0.25) is 0 Å². The zero-order valence-electron chi connectivity index (χ0n) is 12.1. The van der Waals surface area contributed by atoms with Gasteiger partial charge in [0.05, 0.1) is 6.10 Å². The Morgan fingerprint density at radius 3 is 2.90 bits per heavy atom. The molecule has 0 radical (unpaired) electrons. The van der Waals surface area contributed by atoms with E-state index in [9.17, 15) is 9.90 Å². The Labute approximate surface area is 119 Å². The van der Waals surface area contributed by atoms with Gasteiger partial charge in [0.1, 0.15) is 6.54 Å². The van der Waals surface area contributed by atoms with Crippen LogP contribution in [0, 0.1) is 6.92 Å². The molecule has 4 nitrogen and oxygen atoms in total. The molecule has 2 N–H and O–H groups in total. The summed E-state index contributed by atoms with van der Waals surface area (Å²) >= 11 is 0.